The van der Waals surface area contributed by atoms with Crippen LogP contribution in [0.25, 0.3) is 56.0 Å². The Kier molecular flexibility index (Phi) is 13.7. The fraction of sp³-hybridized carbons (Fsp3) is 0.0759. The number of ketones is 4. The van der Waals surface area contributed by atoms with E-state index in [0.29, 0.717) is 60.7 Å². The van der Waals surface area contributed by atoms with Crippen LogP contribution in [0.15, 0.2) is 218 Å². The van der Waals surface area contributed by atoms with Crippen molar-refractivity contribution in [2.75, 3.05) is 9.80 Å². The molecule has 0 N–H and O–H groups in total. The second kappa shape index (κ2) is 21.9. The summed E-state index contributed by atoms with van der Waals surface area (Å²) in [5, 5.41) is 23.5. The Hall–Kier alpha value is -11.4. The average Bonchev–Trinajstić information content (AvgIpc) is 1.71. The van der Waals surface area contributed by atoms with Crippen LogP contribution in [0.1, 0.15) is 112 Å². The lowest BCUT2D eigenvalue weighted by Gasteiger charge is -2.40. The van der Waals surface area contributed by atoms with E-state index >= 15 is 13.2 Å². The van der Waals surface area contributed by atoms with Gasteiger partial charge >= 0.3 is 0 Å². The van der Waals surface area contributed by atoms with Crippen LogP contribution in [0.4, 0.5) is 45.9 Å². The first-order valence-corrected chi connectivity index (χ1v) is 31.5. The van der Waals surface area contributed by atoms with Gasteiger partial charge in [0, 0.05) is 87.9 Å². The third-order valence-corrected chi connectivity index (χ3v) is 20.4. The molecular weight excluding hydrogens is 1200 g/mol. The topological polar surface area (TPSA) is 135 Å². The third kappa shape index (κ3) is 9.20. The van der Waals surface area contributed by atoms with Crippen LogP contribution >= 0.6 is 22.7 Å². The van der Waals surface area contributed by atoms with Crippen molar-refractivity contribution in [2.45, 2.75) is 38.5 Å². The van der Waals surface area contributed by atoms with Gasteiger partial charge in [-0.25, -0.2) is 13.2 Å². The summed E-state index contributed by atoms with van der Waals surface area (Å²) in [6.45, 7) is 8.47. The fourth-order valence-electron chi connectivity index (χ4n) is 13.5. The van der Waals surface area contributed by atoms with E-state index in [-0.39, 0.29) is 45.9 Å². The highest BCUT2D eigenvalue weighted by atomic mass is 32.1. The van der Waals surface area contributed by atoms with E-state index < -0.39 is 16.6 Å². The highest BCUT2D eigenvalue weighted by Crippen LogP contribution is 2.59. The Morgan fingerprint density at radius 2 is 0.828 bits per heavy atom. The average molecular weight is 1250 g/mol. The zero-order chi connectivity index (χ0) is 64.4. The Morgan fingerprint density at radius 1 is 0.419 bits per heavy atom. The first kappa shape index (κ1) is 58.0. The van der Waals surface area contributed by atoms with E-state index in [1.165, 1.54) is 46.9 Å². The minimum atomic E-state index is -0.601. The van der Waals surface area contributed by atoms with Gasteiger partial charge in [-0.2, -0.15) is 10.5 Å². The van der Waals surface area contributed by atoms with Gasteiger partial charge in [-0.1, -0.05) is 137 Å². The molecule has 0 atom stereocenters. The summed E-state index contributed by atoms with van der Waals surface area (Å²) in [4.78, 5) is 63.0. The zero-order valence-corrected chi connectivity index (χ0v) is 51.7. The SMILES string of the molecule is CC1(C)c2cc(-c3cc(C#N)ccc3F)ccc2N(c2ccc(F)c3ccccc23)c2sc(C=C3C(=O)c4ccccc4C3=O)cc21.CC1(C)c2cc(-c3ccncc3C#N)ccc2N(c2ccc(F)c3ccccc23)c2sc(C=C3C(=O)c4ccccc4C3=O)cc21. The number of nitriles is 2. The monoisotopic (exact) mass is 1250 g/mol. The van der Waals surface area contributed by atoms with Crippen LogP contribution < -0.4 is 9.80 Å². The number of fused-ring (bicyclic) bond motifs is 8. The molecular formula is C79H48F3N5O4S2. The van der Waals surface area contributed by atoms with Crippen molar-refractivity contribution in [3.05, 3.63) is 301 Å². The van der Waals surface area contributed by atoms with Gasteiger partial charge in [0.1, 0.15) is 33.5 Å². The number of thiophene rings is 2. The fourth-order valence-corrected chi connectivity index (χ4v) is 16.1. The normalized spacial score (nSPS) is 14.5. The summed E-state index contributed by atoms with van der Waals surface area (Å²) in [6, 6.07) is 61.4. The molecule has 2 aliphatic heterocycles. The van der Waals surface area contributed by atoms with Crippen LogP contribution in [0.3, 0.4) is 0 Å². The lowest BCUT2D eigenvalue weighted by molar-refractivity contribution is 0.0975. The number of nitrogens with zero attached hydrogens (tertiary/aromatic N) is 5. The number of rotatable bonds is 6. The van der Waals surface area contributed by atoms with Gasteiger partial charge in [0.2, 0.25) is 0 Å². The molecule has 14 heteroatoms. The second-order valence-electron chi connectivity index (χ2n) is 24.2. The number of halogens is 3. The van der Waals surface area contributed by atoms with Gasteiger partial charge < -0.3 is 9.80 Å². The molecule has 0 bridgehead atoms. The Morgan fingerprint density at radius 3 is 1.27 bits per heavy atom. The lowest BCUT2D eigenvalue weighted by Crippen LogP contribution is -2.29. The number of carbonyl (C=O) groups is 4. The maximum atomic E-state index is 15.2. The van der Waals surface area contributed by atoms with Crippen LogP contribution in [-0.2, 0) is 10.8 Å². The number of anilines is 6. The van der Waals surface area contributed by atoms with E-state index in [1.54, 1.807) is 109 Å². The largest absolute Gasteiger partial charge is 0.301 e. The van der Waals surface area contributed by atoms with Gasteiger partial charge in [-0.3, -0.25) is 24.2 Å². The molecule has 12 aromatic rings. The number of hydrogen-bond donors (Lipinski definition) is 0. The van der Waals surface area contributed by atoms with Crippen molar-refractivity contribution >= 4 is 112 Å². The quantitative estimate of drug-likeness (QED) is 0.118. The van der Waals surface area contributed by atoms with E-state index in [4.69, 9.17) is 0 Å². The zero-order valence-electron chi connectivity index (χ0n) is 50.1. The van der Waals surface area contributed by atoms with Gasteiger partial charge in [-0.05, 0) is 130 Å². The standard InChI is InChI=1S/C40H24F2N2O2S.C39H24FN3O2S/c1-40(2)31-18-23(29-17-22(21-43)11-13-34(29)42)12-15-36(31)44(35-16-14-33(41)25-7-3-4-8-26(25)35)39-32(40)20-24(47-39)19-30-37(45)27-9-5-6-10-28(27)38(30)46;1-39(2)31-17-22(25-15-16-42-21-23(25)20-41)11-13-35(31)43(34-14-12-33(40)26-7-3-4-8-27(26)34)38-32(39)19-24(46-38)18-30-36(44)28-9-5-6-10-29(28)37(30)45/h3-20H,1-2H3;3-19,21H,1-2H3. The lowest BCUT2D eigenvalue weighted by atomic mass is 9.74. The molecule has 0 saturated heterocycles. The molecule has 4 aliphatic rings. The molecule has 0 unspecified atom stereocenters. The highest BCUT2D eigenvalue weighted by molar-refractivity contribution is 7.17. The number of hydrogen-bond acceptors (Lipinski definition) is 11. The molecule has 0 radical (unpaired) electrons. The first-order chi connectivity index (χ1) is 44.9. The molecule has 5 heterocycles. The minimum absolute atomic E-state index is 0.119. The summed E-state index contributed by atoms with van der Waals surface area (Å²) in [6.07, 6.45) is 6.62. The van der Waals surface area contributed by atoms with Crippen LogP contribution in [0.5, 0.6) is 0 Å². The highest BCUT2D eigenvalue weighted by Gasteiger charge is 2.43. The van der Waals surface area contributed by atoms with Crippen molar-refractivity contribution in [1.29, 1.82) is 10.5 Å². The Bertz CT molecular complexity index is 5410. The van der Waals surface area contributed by atoms with Crippen molar-refractivity contribution in [3.8, 4) is 34.4 Å². The number of aromatic nitrogens is 1. The second-order valence-corrected chi connectivity index (χ2v) is 26.3. The van der Waals surface area contributed by atoms with Crippen LogP contribution in [0.2, 0.25) is 0 Å². The van der Waals surface area contributed by atoms with Crippen molar-refractivity contribution in [1.82, 2.24) is 4.98 Å². The first-order valence-electron chi connectivity index (χ1n) is 29.8. The molecule has 2 aliphatic carbocycles. The molecule has 3 aromatic heterocycles. The molecule has 0 amide bonds. The number of benzene rings is 9. The molecule has 9 nitrogen and oxygen atoms in total. The predicted octanol–water partition coefficient (Wildman–Crippen LogP) is 19.8. The maximum absolute atomic E-state index is 15.2. The Labute approximate surface area is 540 Å². The summed E-state index contributed by atoms with van der Waals surface area (Å²) in [5.41, 5.74) is 11.4. The number of allylic oxidation sites excluding steroid dienone is 2. The van der Waals surface area contributed by atoms with Gasteiger partial charge in [0.05, 0.1) is 51.1 Å². The third-order valence-electron chi connectivity index (χ3n) is 18.3. The summed E-state index contributed by atoms with van der Waals surface area (Å²) >= 11 is 2.94. The molecule has 0 saturated carbocycles. The smallest absolute Gasteiger partial charge is 0.197 e. The molecule has 0 fully saturated rings. The van der Waals surface area contributed by atoms with Gasteiger partial charge in [0.15, 0.2) is 23.1 Å². The number of pyridine rings is 1. The van der Waals surface area contributed by atoms with Crippen molar-refractivity contribution in [2.24, 2.45) is 0 Å². The maximum Gasteiger partial charge on any atom is 0.197 e. The Balaban J connectivity index is 0.000000154. The van der Waals surface area contributed by atoms with Gasteiger partial charge in [-0.15, -0.1) is 22.7 Å². The molecule has 446 valence electrons. The summed E-state index contributed by atoms with van der Waals surface area (Å²) in [5.74, 6) is -2.21. The van der Waals surface area contributed by atoms with Crippen molar-refractivity contribution < 1.29 is 32.3 Å². The van der Waals surface area contributed by atoms with Crippen LogP contribution in [0, 0.1) is 40.1 Å². The summed E-state index contributed by atoms with van der Waals surface area (Å²) in [7, 11) is 0. The summed E-state index contributed by atoms with van der Waals surface area (Å²) < 4.78 is 45.3. The van der Waals surface area contributed by atoms with E-state index in [9.17, 15) is 29.7 Å². The van der Waals surface area contributed by atoms with Gasteiger partial charge in [0.25, 0.3) is 0 Å². The number of Topliss-reactive ketones (excluding diaryl/α,β-unsaturated/α-hetero) is 4. The minimum Gasteiger partial charge on any atom is -0.301 e. The molecule has 9 aromatic carbocycles. The number of carbonyl (C=O) groups excluding carboxylic acids is 4. The van der Waals surface area contributed by atoms with E-state index in [2.05, 4.69) is 66.7 Å². The van der Waals surface area contributed by atoms with Crippen LogP contribution in [-0.4, -0.2) is 28.1 Å². The van der Waals surface area contributed by atoms with Crippen molar-refractivity contribution in [3.63, 3.8) is 0 Å². The van der Waals surface area contributed by atoms with E-state index in [0.717, 1.165) is 81.3 Å². The molecule has 16 rings (SSSR count). The predicted molar refractivity (Wildman–Crippen MR) is 361 cm³/mol. The molecule has 93 heavy (non-hydrogen) atoms. The van der Waals surface area contributed by atoms with E-state index in [1.807, 2.05) is 72.8 Å². The molecule has 0 spiro atoms.